The molecule has 0 aliphatic heterocycles. The van der Waals surface area contributed by atoms with Gasteiger partial charge in [0.15, 0.2) is 5.96 Å². The van der Waals surface area contributed by atoms with Gasteiger partial charge in [-0.2, -0.15) is 0 Å². The summed E-state index contributed by atoms with van der Waals surface area (Å²) < 4.78 is 0. The fourth-order valence-electron chi connectivity index (χ4n) is 1.55. The molecule has 0 spiro atoms. The summed E-state index contributed by atoms with van der Waals surface area (Å²) in [6.07, 6.45) is 2.33. The molecule has 0 heterocycles. The number of hydrogen-bond acceptors (Lipinski definition) is 2. The van der Waals surface area contributed by atoms with E-state index in [0.29, 0.717) is 12.0 Å². The highest BCUT2D eigenvalue weighted by atomic mass is 15.1. The molecule has 3 N–H and O–H groups in total. The topological polar surface area (TPSA) is 53.6 Å². The Kier molecular flexibility index (Phi) is 8.09. The van der Waals surface area contributed by atoms with E-state index in [-0.39, 0.29) is 0 Å². The van der Waals surface area contributed by atoms with Crippen LogP contribution in [0, 0.1) is 0 Å². The lowest BCUT2D eigenvalue weighted by molar-refractivity contribution is 0.292. The van der Waals surface area contributed by atoms with E-state index in [2.05, 4.69) is 36.0 Å². The van der Waals surface area contributed by atoms with Gasteiger partial charge in [-0.05, 0) is 39.4 Å². The Morgan fingerprint density at radius 3 is 2.47 bits per heavy atom. The second-order valence-corrected chi connectivity index (χ2v) is 3.82. The third-order valence-corrected chi connectivity index (χ3v) is 2.64. The summed E-state index contributed by atoms with van der Waals surface area (Å²) >= 11 is 0. The van der Waals surface area contributed by atoms with Gasteiger partial charge in [-0.3, -0.25) is 4.99 Å². The number of nitrogens with two attached hydrogens (primary N) is 1. The average Bonchev–Trinajstić information content (AvgIpc) is 2.24. The normalized spacial score (nSPS) is 14.3. The van der Waals surface area contributed by atoms with Gasteiger partial charge >= 0.3 is 0 Å². The zero-order valence-corrected chi connectivity index (χ0v) is 10.6. The standard InChI is InChI=1S/C11H26N4/c1-5-15(6-2)9-7-8-10(3)14-11(12)13-4/h10H,5-9H2,1-4H3,(H3,12,13,14). The third-order valence-electron chi connectivity index (χ3n) is 2.64. The van der Waals surface area contributed by atoms with Crippen molar-refractivity contribution in [3.05, 3.63) is 0 Å². The van der Waals surface area contributed by atoms with Crippen LogP contribution in [0.3, 0.4) is 0 Å². The van der Waals surface area contributed by atoms with E-state index in [9.17, 15) is 0 Å². The van der Waals surface area contributed by atoms with Crippen molar-refractivity contribution < 1.29 is 0 Å². The minimum Gasteiger partial charge on any atom is -0.370 e. The molecule has 0 saturated carbocycles. The lowest BCUT2D eigenvalue weighted by Crippen LogP contribution is -2.38. The molecule has 0 bridgehead atoms. The van der Waals surface area contributed by atoms with Crippen LogP contribution in [-0.2, 0) is 0 Å². The maximum absolute atomic E-state index is 5.59. The van der Waals surface area contributed by atoms with Gasteiger partial charge < -0.3 is 16.0 Å². The first kappa shape index (κ1) is 14.2. The van der Waals surface area contributed by atoms with Gasteiger partial charge in [0.1, 0.15) is 0 Å². The third kappa shape index (κ3) is 7.19. The van der Waals surface area contributed by atoms with Crippen molar-refractivity contribution in [1.82, 2.24) is 10.2 Å². The lowest BCUT2D eigenvalue weighted by atomic mass is 10.2. The molecule has 0 aliphatic carbocycles. The van der Waals surface area contributed by atoms with Crippen molar-refractivity contribution in [3.63, 3.8) is 0 Å². The van der Waals surface area contributed by atoms with Crippen LogP contribution in [0.15, 0.2) is 4.99 Å². The quantitative estimate of drug-likeness (QED) is 0.491. The van der Waals surface area contributed by atoms with E-state index >= 15 is 0 Å². The zero-order valence-electron chi connectivity index (χ0n) is 10.6. The van der Waals surface area contributed by atoms with Crippen LogP contribution in [0.4, 0.5) is 0 Å². The highest BCUT2D eigenvalue weighted by Gasteiger charge is 2.04. The van der Waals surface area contributed by atoms with Crippen molar-refractivity contribution >= 4 is 5.96 Å². The van der Waals surface area contributed by atoms with Crippen LogP contribution in [0.25, 0.3) is 0 Å². The number of guanidine groups is 1. The van der Waals surface area contributed by atoms with E-state index in [1.807, 2.05) is 0 Å². The Labute approximate surface area is 93.9 Å². The molecule has 90 valence electrons. The first-order valence-electron chi connectivity index (χ1n) is 5.85. The predicted octanol–water partition coefficient (Wildman–Crippen LogP) is 1.03. The Morgan fingerprint density at radius 2 is 2.00 bits per heavy atom. The Balaban J connectivity index is 3.58. The smallest absolute Gasteiger partial charge is 0.188 e. The van der Waals surface area contributed by atoms with Crippen LogP contribution >= 0.6 is 0 Å². The summed E-state index contributed by atoms with van der Waals surface area (Å²) in [6.45, 7) is 9.98. The van der Waals surface area contributed by atoms with Crippen LogP contribution in [0.5, 0.6) is 0 Å². The molecule has 4 nitrogen and oxygen atoms in total. The van der Waals surface area contributed by atoms with E-state index in [4.69, 9.17) is 5.73 Å². The second kappa shape index (κ2) is 8.53. The molecular weight excluding hydrogens is 188 g/mol. The molecule has 1 unspecified atom stereocenters. The van der Waals surface area contributed by atoms with Gasteiger partial charge in [0, 0.05) is 13.1 Å². The molecule has 0 amide bonds. The van der Waals surface area contributed by atoms with Crippen molar-refractivity contribution in [2.45, 2.75) is 39.7 Å². The van der Waals surface area contributed by atoms with Gasteiger partial charge in [0.05, 0.1) is 0 Å². The fraction of sp³-hybridized carbons (Fsp3) is 0.909. The molecular formula is C11H26N4. The van der Waals surface area contributed by atoms with Gasteiger partial charge in [0.25, 0.3) is 0 Å². The largest absolute Gasteiger partial charge is 0.370 e. The number of hydrogen-bond donors (Lipinski definition) is 2. The minimum absolute atomic E-state index is 0.407. The molecule has 0 aromatic rings. The zero-order chi connectivity index (χ0) is 11.7. The van der Waals surface area contributed by atoms with Gasteiger partial charge in [0.2, 0.25) is 0 Å². The summed E-state index contributed by atoms with van der Waals surface area (Å²) in [5.74, 6) is 0.533. The van der Waals surface area contributed by atoms with Crippen molar-refractivity contribution in [1.29, 1.82) is 0 Å². The maximum atomic E-state index is 5.59. The molecule has 15 heavy (non-hydrogen) atoms. The molecule has 1 atom stereocenters. The molecule has 0 rings (SSSR count). The van der Waals surface area contributed by atoms with Gasteiger partial charge in [-0.1, -0.05) is 13.8 Å². The molecule has 0 fully saturated rings. The Bertz CT molecular complexity index is 175. The average molecular weight is 214 g/mol. The SMILES string of the molecule is CCN(CC)CCCC(C)NC(N)=NC. The number of aliphatic imine (C=N–C) groups is 1. The molecule has 4 heteroatoms. The lowest BCUT2D eigenvalue weighted by Gasteiger charge is -2.19. The summed E-state index contributed by atoms with van der Waals surface area (Å²) in [4.78, 5) is 6.31. The molecule has 0 aromatic heterocycles. The van der Waals surface area contributed by atoms with Gasteiger partial charge in [-0.25, -0.2) is 0 Å². The van der Waals surface area contributed by atoms with Crippen molar-refractivity contribution in [3.8, 4) is 0 Å². The highest BCUT2D eigenvalue weighted by molar-refractivity contribution is 5.77. The van der Waals surface area contributed by atoms with E-state index in [1.54, 1.807) is 7.05 Å². The monoisotopic (exact) mass is 214 g/mol. The number of rotatable bonds is 7. The van der Waals surface area contributed by atoms with Crippen LogP contribution < -0.4 is 11.1 Å². The fourth-order valence-corrected chi connectivity index (χ4v) is 1.55. The summed E-state index contributed by atoms with van der Waals surface area (Å²) in [5.41, 5.74) is 5.59. The van der Waals surface area contributed by atoms with Crippen molar-refractivity contribution in [2.24, 2.45) is 10.7 Å². The molecule has 0 aromatic carbocycles. The first-order chi connectivity index (χ1) is 7.13. The molecule has 0 aliphatic rings. The van der Waals surface area contributed by atoms with E-state index in [1.165, 1.54) is 13.0 Å². The van der Waals surface area contributed by atoms with E-state index in [0.717, 1.165) is 19.5 Å². The number of nitrogens with zero attached hydrogens (tertiary/aromatic N) is 2. The summed E-state index contributed by atoms with van der Waals surface area (Å²) in [7, 11) is 1.70. The Hall–Kier alpha value is -0.770. The summed E-state index contributed by atoms with van der Waals surface area (Å²) in [6, 6.07) is 0.407. The van der Waals surface area contributed by atoms with Crippen LogP contribution in [-0.4, -0.2) is 43.6 Å². The van der Waals surface area contributed by atoms with Crippen molar-refractivity contribution in [2.75, 3.05) is 26.7 Å². The first-order valence-corrected chi connectivity index (χ1v) is 5.85. The Morgan fingerprint density at radius 1 is 1.40 bits per heavy atom. The van der Waals surface area contributed by atoms with Crippen LogP contribution in [0.2, 0.25) is 0 Å². The minimum atomic E-state index is 0.407. The maximum Gasteiger partial charge on any atom is 0.188 e. The second-order valence-electron chi connectivity index (χ2n) is 3.82. The summed E-state index contributed by atoms with van der Waals surface area (Å²) in [5, 5.41) is 3.15. The van der Waals surface area contributed by atoms with E-state index < -0.39 is 0 Å². The predicted molar refractivity (Wildman–Crippen MR) is 67.2 cm³/mol. The molecule has 0 saturated heterocycles. The van der Waals surface area contributed by atoms with Crippen LogP contribution in [0.1, 0.15) is 33.6 Å². The van der Waals surface area contributed by atoms with Gasteiger partial charge in [-0.15, -0.1) is 0 Å². The number of nitrogens with one attached hydrogen (secondary N) is 1. The molecule has 0 radical (unpaired) electrons. The highest BCUT2D eigenvalue weighted by Crippen LogP contribution is 1.99.